The molecule has 106 valence electrons. The van der Waals surface area contributed by atoms with Crippen molar-refractivity contribution in [1.29, 1.82) is 0 Å². The second-order valence-electron chi connectivity index (χ2n) is 4.91. The van der Waals surface area contributed by atoms with Gasteiger partial charge in [0.25, 0.3) is 0 Å². The van der Waals surface area contributed by atoms with Gasteiger partial charge < -0.3 is 9.09 Å². The van der Waals surface area contributed by atoms with Crippen LogP contribution in [0.15, 0.2) is 53.4 Å². The van der Waals surface area contributed by atoms with Crippen molar-refractivity contribution in [2.24, 2.45) is 0 Å². The fourth-order valence-electron chi connectivity index (χ4n) is 2.25. The Morgan fingerprint density at radius 1 is 1.29 bits per heavy atom. The molecule has 0 fully saturated rings. The maximum Gasteiger partial charge on any atom is 0.185 e. The van der Waals surface area contributed by atoms with E-state index in [4.69, 9.17) is 4.52 Å². The number of nitrogens with zero attached hydrogens (tertiary/aromatic N) is 3. The summed E-state index contributed by atoms with van der Waals surface area (Å²) >= 11 is 0. The van der Waals surface area contributed by atoms with Crippen molar-refractivity contribution in [1.82, 2.24) is 14.7 Å². The minimum absolute atomic E-state index is 0.0300. The lowest BCUT2D eigenvalue weighted by atomic mass is 10.1. The Kier molecular flexibility index (Phi) is 3.64. The number of hydrogen-bond donors (Lipinski definition) is 0. The molecule has 0 saturated carbocycles. The number of Topliss-reactive ketones (excluding diaryl/α,β-unsaturated/α-hetero) is 1. The van der Waals surface area contributed by atoms with Crippen molar-refractivity contribution in [3.8, 4) is 0 Å². The fourth-order valence-corrected chi connectivity index (χ4v) is 2.25. The van der Waals surface area contributed by atoms with Gasteiger partial charge in [0.15, 0.2) is 5.78 Å². The molecule has 0 N–H and O–H groups in total. The minimum atomic E-state index is 0.0300. The van der Waals surface area contributed by atoms with Crippen LogP contribution >= 0.6 is 0 Å². The van der Waals surface area contributed by atoms with E-state index in [1.165, 1.54) is 0 Å². The fraction of sp³-hybridized carbons (Fsp3) is 0.188. The average molecular weight is 281 g/mol. The van der Waals surface area contributed by atoms with Gasteiger partial charge in [-0.2, -0.15) is 0 Å². The first-order valence-corrected chi connectivity index (χ1v) is 6.72. The molecule has 0 bridgehead atoms. The Morgan fingerprint density at radius 3 is 2.81 bits per heavy atom. The van der Waals surface area contributed by atoms with E-state index < -0.39 is 0 Å². The molecule has 0 saturated heterocycles. The molecule has 21 heavy (non-hydrogen) atoms. The van der Waals surface area contributed by atoms with E-state index in [9.17, 15) is 4.79 Å². The first-order valence-electron chi connectivity index (χ1n) is 6.72. The van der Waals surface area contributed by atoms with Gasteiger partial charge in [-0.25, -0.2) is 0 Å². The lowest BCUT2D eigenvalue weighted by Gasteiger charge is -2.07. The highest BCUT2D eigenvalue weighted by Gasteiger charge is 2.14. The first-order chi connectivity index (χ1) is 10.2. The van der Waals surface area contributed by atoms with E-state index in [1.54, 1.807) is 18.5 Å². The van der Waals surface area contributed by atoms with Crippen LogP contribution in [0, 0.1) is 6.92 Å². The third kappa shape index (κ3) is 3.08. The van der Waals surface area contributed by atoms with Gasteiger partial charge in [0.2, 0.25) is 0 Å². The molecule has 3 rings (SSSR count). The SMILES string of the molecule is Cc1cc(CC(=O)c2cccn2Cc2ccncc2)no1. The summed E-state index contributed by atoms with van der Waals surface area (Å²) in [7, 11) is 0. The standard InChI is InChI=1S/C16H15N3O2/c1-12-9-14(18-21-12)10-16(20)15-3-2-8-19(15)11-13-4-6-17-7-5-13/h2-9H,10-11H2,1H3. The lowest BCUT2D eigenvalue weighted by molar-refractivity contribution is 0.0982. The largest absolute Gasteiger partial charge is 0.361 e. The molecule has 5 heteroatoms. The molecule has 3 heterocycles. The number of pyridine rings is 1. The molecule has 0 aromatic carbocycles. The molecule has 0 unspecified atom stereocenters. The summed E-state index contributed by atoms with van der Waals surface area (Å²) < 4.78 is 6.93. The van der Waals surface area contributed by atoms with Crippen LogP contribution in [0.2, 0.25) is 0 Å². The molecule has 0 aliphatic heterocycles. The highest BCUT2D eigenvalue weighted by Crippen LogP contribution is 2.11. The lowest BCUT2D eigenvalue weighted by Crippen LogP contribution is -2.11. The van der Waals surface area contributed by atoms with Crippen LogP contribution in [0.1, 0.15) is 27.5 Å². The van der Waals surface area contributed by atoms with Crippen LogP contribution in [0.25, 0.3) is 0 Å². The zero-order chi connectivity index (χ0) is 14.7. The van der Waals surface area contributed by atoms with Gasteiger partial charge in [0.05, 0.1) is 17.8 Å². The summed E-state index contributed by atoms with van der Waals surface area (Å²) in [5, 5.41) is 3.87. The van der Waals surface area contributed by atoms with Gasteiger partial charge in [-0.15, -0.1) is 0 Å². The van der Waals surface area contributed by atoms with Gasteiger partial charge >= 0.3 is 0 Å². The van der Waals surface area contributed by atoms with Crippen LogP contribution in [0.5, 0.6) is 0 Å². The summed E-state index contributed by atoms with van der Waals surface area (Å²) in [5.41, 5.74) is 2.44. The Bertz CT molecular complexity index is 744. The number of carbonyl (C=O) groups excluding carboxylic acids is 1. The Balaban J connectivity index is 1.77. The molecule has 0 amide bonds. The molecular weight excluding hydrogens is 266 g/mol. The summed E-state index contributed by atoms with van der Waals surface area (Å²) in [6, 6.07) is 9.37. The van der Waals surface area contributed by atoms with Crippen molar-refractivity contribution in [2.45, 2.75) is 19.9 Å². The number of carbonyl (C=O) groups is 1. The predicted octanol–water partition coefficient (Wildman–Crippen LogP) is 2.65. The Hall–Kier alpha value is -2.69. The second kappa shape index (κ2) is 5.75. The quantitative estimate of drug-likeness (QED) is 0.674. The maximum atomic E-state index is 12.4. The van der Waals surface area contributed by atoms with E-state index in [2.05, 4.69) is 10.1 Å². The number of rotatable bonds is 5. The van der Waals surface area contributed by atoms with Crippen LogP contribution < -0.4 is 0 Å². The Labute approximate surface area is 122 Å². The number of ketones is 1. The molecule has 0 aliphatic carbocycles. The van der Waals surface area contributed by atoms with Crippen LogP contribution in [0.4, 0.5) is 0 Å². The molecule has 0 spiro atoms. The summed E-state index contributed by atoms with van der Waals surface area (Å²) in [4.78, 5) is 16.4. The number of aryl methyl sites for hydroxylation is 1. The average Bonchev–Trinajstić information content (AvgIpc) is 3.09. The van der Waals surface area contributed by atoms with Crippen molar-refractivity contribution in [2.75, 3.05) is 0 Å². The van der Waals surface area contributed by atoms with Crippen molar-refractivity contribution < 1.29 is 9.32 Å². The van der Waals surface area contributed by atoms with E-state index in [-0.39, 0.29) is 12.2 Å². The third-order valence-corrected chi connectivity index (χ3v) is 3.24. The number of aromatic nitrogens is 3. The molecular formula is C16H15N3O2. The molecule has 3 aromatic rings. The van der Waals surface area contributed by atoms with Crippen molar-refractivity contribution in [3.63, 3.8) is 0 Å². The van der Waals surface area contributed by atoms with Crippen LogP contribution in [0.3, 0.4) is 0 Å². The van der Waals surface area contributed by atoms with Crippen LogP contribution in [-0.2, 0) is 13.0 Å². The zero-order valence-corrected chi connectivity index (χ0v) is 11.7. The third-order valence-electron chi connectivity index (χ3n) is 3.24. The predicted molar refractivity (Wildman–Crippen MR) is 77.0 cm³/mol. The van der Waals surface area contributed by atoms with Crippen molar-refractivity contribution in [3.05, 3.63) is 71.6 Å². The Morgan fingerprint density at radius 2 is 2.10 bits per heavy atom. The maximum absolute atomic E-state index is 12.4. The van der Waals surface area contributed by atoms with Gasteiger partial charge in [-0.3, -0.25) is 9.78 Å². The molecule has 0 atom stereocenters. The summed E-state index contributed by atoms with van der Waals surface area (Å²) in [6.45, 7) is 2.46. The minimum Gasteiger partial charge on any atom is -0.361 e. The van der Waals surface area contributed by atoms with E-state index in [0.29, 0.717) is 23.7 Å². The van der Waals surface area contributed by atoms with E-state index in [0.717, 1.165) is 5.56 Å². The van der Waals surface area contributed by atoms with E-state index >= 15 is 0 Å². The summed E-state index contributed by atoms with van der Waals surface area (Å²) in [6.07, 6.45) is 5.65. The van der Waals surface area contributed by atoms with Gasteiger partial charge in [0.1, 0.15) is 5.76 Å². The second-order valence-corrected chi connectivity index (χ2v) is 4.91. The summed E-state index contributed by atoms with van der Waals surface area (Å²) in [5.74, 6) is 0.743. The topological polar surface area (TPSA) is 60.9 Å². The van der Waals surface area contributed by atoms with Crippen LogP contribution in [-0.4, -0.2) is 20.5 Å². The zero-order valence-electron chi connectivity index (χ0n) is 11.7. The number of hydrogen-bond acceptors (Lipinski definition) is 4. The normalized spacial score (nSPS) is 10.7. The monoisotopic (exact) mass is 281 g/mol. The molecule has 0 radical (unpaired) electrons. The molecule has 0 aliphatic rings. The van der Waals surface area contributed by atoms with Crippen molar-refractivity contribution >= 4 is 5.78 Å². The smallest absolute Gasteiger partial charge is 0.185 e. The van der Waals surface area contributed by atoms with Gasteiger partial charge in [0, 0.05) is 31.2 Å². The molecule has 3 aromatic heterocycles. The highest BCUT2D eigenvalue weighted by molar-refractivity contribution is 5.96. The first kappa shape index (κ1) is 13.3. The molecule has 5 nitrogen and oxygen atoms in total. The highest BCUT2D eigenvalue weighted by atomic mass is 16.5. The van der Waals surface area contributed by atoms with Gasteiger partial charge in [-0.05, 0) is 36.8 Å². The van der Waals surface area contributed by atoms with E-state index in [1.807, 2.05) is 42.0 Å². The van der Waals surface area contributed by atoms with Gasteiger partial charge in [-0.1, -0.05) is 5.16 Å².